The van der Waals surface area contributed by atoms with Crippen molar-refractivity contribution in [3.63, 3.8) is 0 Å². The molecule has 0 aromatic heterocycles. The van der Waals surface area contributed by atoms with Crippen LogP contribution in [-0.2, 0) is 11.3 Å². The molecule has 1 N–H and O–H groups in total. The van der Waals surface area contributed by atoms with Gasteiger partial charge in [0.1, 0.15) is 5.75 Å². The molecule has 0 saturated carbocycles. The number of rotatable bonds is 2. The van der Waals surface area contributed by atoms with Gasteiger partial charge in [0.05, 0.1) is 17.1 Å². The second-order valence-corrected chi connectivity index (χ2v) is 2.80. The van der Waals surface area contributed by atoms with E-state index in [1.807, 2.05) is 0 Å². The summed E-state index contributed by atoms with van der Waals surface area (Å²) < 4.78 is 25.7. The average molecular weight is 220 g/mol. The molecular formula is C8H4ClF2NO2. The number of hydrogen-bond donors (Lipinski definition) is 1. The number of isocyanates is 1. The number of phenolic OH excluding ortho intramolecular Hbond substituents is 1. The fourth-order valence-corrected chi connectivity index (χ4v) is 1.10. The third kappa shape index (κ3) is 1.89. The van der Waals surface area contributed by atoms with Crippen LogP contribution in [0.5, 0.6) is 5.75 Å². The largest absolute Gasteiger partial charge is 0.506 e. The van der Waals surface area contributed by atoms with Crippen molar-refractivity contribution in [3.05, 3.63) is 28.3 Å². The summed E-state index contributed by atoms with van der Waals surface area (Å²) >= 11 is 5.37. The third-order valence-corrected chi connectivity index (χ3v) is 1.83. The van der Waals surface area contributed by atoms with E-state index in [0.717, 1.165) is 6.08 Å². The van der Waals surface area contributed by atoms with Crippen LogP contribution in [0.3, 0.4) is 0 Å². The van der Waals surface area contributed by atoms with Gasteiger partial charge in [-0.2, -0.15) is 0 Å². The van der Waals surface area contributed by atoms with E-state index >= 15 is 0 Å². The van der Waals surface area contributed by atoms with Gasteiger partial charge in [0.2, 0.25) is 6.08 Å². The minimum Gasteiger partial charge on any atom is -0.506 e. The number of aliphatic imine (C=N–C) groups is 1. The van der Waals surface area contributed by atoms with Crippen LogP contribution in [0.4, 0.5) is 8.78 Å². The van der Waals surface area contributed by atoms with E-state index < -0.39 is 29.5 Å². The maximum absolute atomic E-state index is 13.0. The van der Waals surface area contributed by atoms with Crippen molar-refractivity contribution in [1.82, 2.24) is 0 Å². The van der Waals surface area contributed by atoms with Crippen LogP contribution in [-0.4, -0.2) is 11.2 Å². The molecular weight excluding hydrogens is 216 g/mol. The van der Waals surface area contributed by atoms with Gasteiger partial charge in [-0.3, -0.25) is 0 Å². The number of halogens is 3. The van der Waals surface area contributed by atoms with E-state index in [4.69, 9.17) is 11.6 Å². The Morgan fingerprint density at radius 1 is 1.57 bits per heavy atom. The number of nitrogens with zero attached hydrogens (tertiary/aromatic N) is 1. The molecule has 0 amide bonds. The van der Waals surface area contributed by atoms with Gasteiger partial charge in [0.15, 0.2) is 11.6 Å². The molecule has 0 aliphatic carbocycles. The molecule has 6 heteroatoms. The standard InChI is InChI=1S/C8H4ClF2NO2/c9-5-1-6(10)7(11)4(8(5)14)2-12-3-13/h1,14H,2H2. The maximum Gasteiger partial charge on any atom is 0.235 e. The average Bonchev–Trinajstić information content (AvgIpc) is 2.15. The van der Waals surface area contributed by atoms with Gasteiger partial charge in [0, 0.05) is 0 Å². The molecule has 0 aliphatic rings. The van der Waals surface area contributed by atoms with E-state index in [0.29, 0.717) is 6.07 Å². The quantitative estimate of drug-likeness (QED) is 0.471. The molecule has 1 aromatic carbocycles. The summed E-state index contributed by atoms with van der Waals surface area (Å²) in [7, 11) is 0. The first-order chi connectivity index (χ1) is 6.57. The molecule has 3 nitrogen and oxygen atoms in total. The van der Waals surface area contributed by atoms with Crippen molar-refractivity contribution in [2.45, 2.75) is 6.54 Å². The van der Waals surface area contributed by atoms with Crippen molar-refractivity contribution in [2.75, 3.05) is 0 Å². The first-order valence-electron chi connectivity index (χ1n) is 3.47. The number of phenols is 1. The number of hydrogen-bond acceptors (Lipinski definition) is 3. The molecule has 0 aliphatic heterocycles. The fourth-order valence-electron chi connectivity index (χ4n) is 0.891. The van der Waals surface area contributed by atoms with Crippen LogP contribution < -0.4 is 0 Å². The minimum atomic E-state index is -1.27. The lowest BCUT2D eigenvalue weighted by Crippen LogP contribution is -1.94. The second-order valence-electron chi connectivity index (χ2n) is 2.39. The molecule has 0 spiro atoms. The summed E-state index contributed by atoms with van der Waals surface area (Å²) in [6.45, 7) is -0.501. The Labute approximate surface area is 82.6 Å². The van der Waals surface area contributed by atoms with Gasteiger partial charge in [-0.05, 0) is 6.07 Å². The molecule has 0 saturated heterocycles. The van der Waals surface area contributed by atoms with E-state index in [1.165, 1.54) is 0 Å². The predicted molar refractivity (Wildman–Crippen MR) is 44.9 cm³/mol. The topological polar surface area (TPSA) is 49.7 Å². The highest BCUT2D eigenvalue weighted by Gasteiger charge is 2.16. The smallest absolute Gasteiger partial charge is 0.235 e. The van der Waals surface area contributed by atoms with Gasteiger partial charge in [-0.15, -0.1) is 0 Å². The van der Waals surface area contributed by atoms with Crippen molar-refractivity contribution in [3.8, 4) is 5.75 Å². The van der Waals surface area contributed by atoms with Gasteiger partial charge in [-0.25, -0.2) is 18.6 Å². The van der Waals surface area contributed by atoms with Crippen LogP contribution in [0.25, 0.3) is 0 Å². The van der Waals surface area contributed by atoms with Crippen molar-refractivity contribution in [1.29, 1.82) is 0 Å². The van der Waals surface area contributed by atoms with E-state index in [2.05, 4.69) is 4.99 Å². The van der Waals surface area contributed by atoms with Crippen LogP contribution in [0.15, 0.2) is 11.1 Å². The summed E-state index contributed by atoms with van der Waals surface area (Å²) in [6, 6.07) is 0.639. The summed E-state index contributed by atoms with van der Waals surface area (Å²) in [5.41, 5.74) is -0.460. The Balaban J connectivity index is 3.31. The van der Waals surface area contributed by atoms with Crippen molar-refractivity contribution < 1.29 is 18.7 Å². The number of aromatic hydroxyl groups is 1. The SMILES string of the molecule is O=C=NCc1c(O)c(Cl)cc(F)c1F. The van der Waals surface area contributed by atoms with Gasteiger partial charge < -0.3 is 5.11 Å². The summed E-state index contributed by atoms with van der Waals surface area (Å²) in [4.78, 5) is 12.8. The Bertz CT molecular complexity index is 390. The molecule has 0 heterocycles. The minimum absolute atomic E-state index is 0.333. The molecule has 0 bridgehead atoms. The zero-order chi connectivity index (χ0) is 10.7. The maximum atomic E-state index is 13.0. The monoisotopic (exact) mass is 219 g/mol. The van der Waals surface area contributed by atoms with Gasteiger partial charge in [-0.1, -0.05) is 11.6 Å². The van der Waals surface area contributed by atoms with Crippen LogP contribution in [0, 0.1) is 11.6 Å². The molecule has 1 rings (SSSR count). The van der Waals surface area contributed by atoms with Gasteiger partial charge >= 0.3 is 0 Å². The Kier molecular flexibility index (Phi) is 3.17. The normalized spacial score (nSPS) is 9.64. The van der Waals surface area contributed by atoms with Crippen LogP contribution >= 0.6 is 11.6 Å². The van der Waals surface area contributed by atoms with Gasteiger partial charge in [0.25, 0.3) is 0 Å². The van der Waals surface area contributed by atoms with Crippen molar-refractivity contribution >= 4 is 17.7 Å². The molecule has 0 radical (unpaired) electrons. The Morgan fingerprint density at radius 3 is 2.79 bits per heavy atom. The van der Waals surface area contributed by atoms with E-state index in [9.17, 15) is 18.7 Å². The predicted octanol–water partition coefficient (Wildman–Crippen LogP) is 2.16. The fraction of sp³-hybridized carbons (Fsp3) is 0.125. The summed E-state index contributed by atoms with van der Waals surface area (Å²) in [5, 5.41) is 8.87. The molecule has 0 atom stereocenters. The lowest BCUT2D eigenvalue weighted by atomic mass is 10.2. The lowest BCUT2D eigenvalue weighted by molar-refractivity contribution is 0.442. The Morgan fingerprint density at radius 2 is 2.21 bits per heavy atom. The zero-order valence-electron chi connectivity index (χ0n) is 6.72. The van der Waals surface area contributed by atoms with Crippen LogP contribution in [0.1, 0.15) is 5.56 Å². The molecule has 0 fully saturated rings. The lowest BCUT2D eigenvalue weighted by Gasteiger charge is -2.04. The first kappa shape index (κ1) is 10.6. The highest BCUT2D eigenvalue weighted by Crippen LogP contribution is 2.31. The molecule has 14 heavy (non-hydrogen) atoms. The zero-order valence-corrected chi connectivity index (χ0v) is 7.48. The number of benzene rings is 1. The first-order valence-corrected chi connectivity index (χ1v) is 3.84. The molecule has 74 valence electrons. The highest BCUT2D eigenvalue weighted by atomic mass is 35.5. The van der Waals surface area contributed by atoms with Crippen molar-refractivity contribution in [2.24, 2.45) is 4.99 Å². The van der Waals surface area contributed by atoms with E-state index in [1.54, 1.807) is 0 Å². The summed E-state index contributed by atoms with van der Waals surface area (Å²) in [5.74, 6) is -3.10. The van der Waals surface area contributed by atoms with Crippen LogP contribution in [0.2, 0.25) is 5.02 Å². The Hall–Kier alpha value is -1.45. The third-order valence-electron chi connectivity index (χ3n) is 1.54. The number of carbonyl (C=O) groups excluding carboxylic acids is 1. The molecule has 0 unspecified atom stereocenters. The molecule has 1 aromatic rings. The highest BCUT2D eigenvalue weighted by molar-refractivity contribution is 6.32. The van der Waals surface area contributed by atoms with E-state index in [-0.39, 0.29) is 5.02 Å². The summed E-state index contributed by atoms with van der Waals surface area (Å²) in [6.07, 6.45) is 1.14. The second kappa shape index (κ2) is 4.17.